The second-order valence-electron chi connectivity index (χ2n) is 5.73. The molecular formula is C16H38INP+. The van der Waals surface area contributed by atoms with Crippen LogP contribution in [0.25, 0.3) is 0 Å². The predicted octanol–water partition coefficient (Wildman–Crippen LogP) is 1.72. The van der Waals surface area contributed by atoms with Gasteiger partial charge in [-0.2, -0.15) is 0 Å². The van der Waals surface area contributed by atoms with Gasteiger partial charge in [0.05, 0.1) is 50.8 Å². The lowest BCUT2D eigenvalue weighted by molar-refractivity contribution is -0.923. The monoisotopic (exact) mass is 402 g/mol. The van der Waals surface area contributed by atoms with Crippen molar-refractivity contribution in [3.8, 4) is 0 Å². The minimum Gasteiger partial charge on any atom is -1.00 e. The summed E-state index contributed by atoms with van der Waals surface area (Å²) < 4.78 is 1.33. The van der Waals surface area contributed by atoms with Crippen molar-refractivity contribution in [2.24, 2.45) is 0 Å². The van der Waals surface area contributed by atoms with Crippen LogP contribution in [0.2, 0.25) is 0 Å². The number of hydrogen-bond donors (Lipinski definition) is 0. The van der Waals surface area contributed by atoms with Crippen LogP contribution in [0, 0.1) is 0 Å². The Balaban J connectivity index is 0. The Labute approximate surface area is 140 Å². The van der Waals surface area contributed by atoms with Crippen molar-refractivity contribution in [3.63, 3.8) is 0 Å². The minimum atomic E-state index is -0.553. The maximum Gasteiger partial charge on any atom is 0.0787 e. The lowest BCUT2D eigenvalue weighted by Crippen LogP contribution is -3.00. The third-order valence-corrected chi connectivity index (χ3v) is 10.8. The van der Waals surface area contributed by atoms with E-state index >= 15 is 0 Å². The van der Waals surface area contributed by atoms with E-state index < -0.39 is 7.26 Å². The summed E-state index contributed by atoms with van der Waals surface area (Å²) in [4.78, 5) is 0. The molecule has 0 amide bonds. The van der Waals surface area contributed by atoms with Crippen LogP contribution < -0.4 is 24.0 Å². The van der Waals surface area contributed by atoms with Crippen LogP contribution in [-0.4, -0.2) is 55.3 Å². The molecule has 0 spiro atoms. The van der Waals surface area contributed by atoms with E-state index in [1.54, 1.807) is 6.16 Å². The van der Waals surface area contributed by atoms with Crippen LogP contribution in [0.1, 0.15) is 54.4 Å². The summed E-state index contributed by atoms with van der Waals surface area (Å²) in [7, 11) is -0.553. The molecule has 0 unspecified atom stereocenters. The molecule has 0 aliphatic rings. The molecule has 0 aliphatic heterocycles. The number of quaternary nitrogens is 1. The van der Waals surface area contributed by atoms with Crippen LogP contribution in [0.15, 0.2) is 0 Å². The third-order valence-electron chi connectivity index (χ3n) is 5.54. The van der Waals surface area contributed by atoms with Crippen molar-refractivity contribution in [1.29, 1.82) is 0 Å². The Morgan fingerprint density at radius 2 is 1.11 bits per heavy atom. The van der Waals surface area contributed by atoms with Gasteiger partial charge in [0.15, 0.2) is 0 Å². The zero-order valence-corrected chi connectivity index (χ0v) is 17.4. The lowest BCUT2D eigenvalue weighted by Gasteiger charge is -2.36. The van der Waals surface area contributed by atoms with E-state index in [0.29, 0.717) is 0 Å². The van der Waals surface area contributed by atoms with Gasteiger partial charge < -0.3 is 28.5 Å². The summed E-state index contributed by atoms with van der Waals surface area (Å²) in [6.45, 7) is 19.7. The van der Waals surface area contributed by atoms with Crippen LogP contribution in [-0.2, 0) is 0 Å². The molecule has 0 N–H and O–H groups in total. The number of unbranched alkanes of at least 4 members (excludes halogenated alkanes) is 1. The summed E-state index contributed by atoms with van der Waals surface area (Å²) >= 11 is 0. The van der Waals surface area contributed by atoms with Gasteiger partial charge in [-0.05, 0) is 54.4 Å². The first kappa shape index (κ1) is 22.4. The van der Waals surface area contributed by atoms with Gasteiger partial charge in [0.25, 0.3) is 0 Å². The van der Waals surface area contributed by atoms with Gasteiger partial charge in [-0.25, -0.2) is 0 Å². The number of nitrogens with zero attached hydrogens (tertiary/aromatic N) is 1. The van der Waals surface area contributed by atoms with Gasteiger partial charge in [-0.1, -0.05) is 0 Å². The molecule has 0 rings (SSSR count). The number of hydrogen-bond acceptors (Lipinski definition) is 0. The first-order valence-electron chi connectivity index (χ1n) is 8.27. The Morgan fingerprint density at radius 3 is 1.42 bits per heavy atom. The fourth-order valence-corrected chi connectivity index (χ4v) is 6.37. The maximum absolute atomic E-state index is 2.42. The van der Waals surface area contributed by atoms with Crippen LogP contribution >= 0.6 is 7.26 Å². The van der Waals surface area contributed by atoms with Crippen molar-refractivity contribution in [1.82, 2.24) is 0 Å². The summed E-state index contributed by atoms with van der Waals surface area (Å²) in [5.41, 5.74) is 0. The highest BCUT2D eigenvalue weighted by atomic mass is 127. The molecule has 0 radical (unpaired) electrons. The summed E-state index contributed by atoms with van der Waals surface area (Å²) in [5.74, 6) is 0. The SMILES string of the molecule is CC[N+](CC)(CC)CCCC[P+](CC)(CC)CC.[I-]. The fourth-order valence-electron chi connectivity index (χ4n) is 3.18. The van der Waals surface area contributed by atoms with Gasteiger partial charge in [-0.15, -0.1) is 0 Å². The normalized spacial score (nSPS) is 12.3. The molecule has 118 valence electrons. The van der Waals surface area contributed by atoms with Gasteiger partial charge in [0.1, 0.15) is 0 Å². The summed E-state index contributed by atoms with van der Waals surface area (Å²) in [6, 6.07) is 0. The van der Waals surface area contributed by atoms with Crippen molar-refractivity contribution in [2.45, 2.75) is 54.4 Å². The fraction of sp³-hybridized carbons (Fsp3) is 1.00. The largest absolute Gasteiger partial charge is 1.00 e. The van der Waals surface area contributed by atoms with Gasteiger partial charge in [0, 0.05) is 7.26 Å². The van der Waals surface area contributed by atoms with Crippen LogP contribution in [0.4, 0.5) is 0 Å². The van der Waals surface area contributed by atoms with Crippen molar-refractivity contribution >= 4 is 7.26 Å². The molecule has 0 atom stereocenters. The van der Waals surface area contributed by atoms with Crippen molar-refractivity contribution < 1.29 is 28.5 Å². The molecule has 1 nitrogen and oxygen atoms in total. The topological polar surface area (TPSA) is 0 Å². The maximum atomic E-state index is 2.42. The molecule has 0 aliphatic carbocycles. The molecule has 0 saturated heterocycles. The van der Waals surface area contributed by atoms with Gasteiger partial charge in [-0.3, -0.25) is 0 Å². The summed E-state index contributed by atoms with van der Waals surface area (Å²) in [5, 5.41) is 0. The standard InChI is InChI=1S/C16H38NP.HI/c1-7-17(8-2,9-3)15-13-14-16-18(10-4,11-5)12-6;/h7-16H2,1-6H3;1H/q+2;/p-1. The molecule has 3 heteroatoms. The molecule has 0 saturated carbocycles. The van der Waals surface area contributed by atoms with Gasteiger partial charge in [0.2, 0.25) is 0 Å². The Morgan fingerprint density at radius 1 is 0.684 bits per heavy atom. The Kier molecular flexibility index (Phi) is 13.8. The minimum absolute atomic E-state index is 0. The second kappa shape index (κ2) is 11.7. The van der Waals surface area contributed by atoms with Crippen molar-refractivity contribution in [2.75, 3.05) is 50.8 Å². The first-order valence-corrected chi connectivity index (χ1v) is 10.8. The molecule has 0 aromatic carbocycles. The van der Waals surface area contributed by atoms with E-state index in [1.807, 2.05) is 0 Å². The quantitative estimate of drug-likeness (QED) is 0.214. The number of rotatable bonds is 11. The lowest BCUT2D eigenvalue weighted by atomic mass is 10.2. The first-order chi connectivity index (χ1) is 8.57. The molecule has 19 heavy (non-hydrogen) atoms. The average Bonchev–Trinajstić information content (AvgIpc) is 2.45. The van der Waals surface area contributed by atoms with E-state index in [9.17, 15) is 0 Å². The highest BCUT2D eigenvalue weighted by molar-refractivity contribution is 7.75. The third kappa shape index (κ3) is 7.09. The molecular weight excluding hydrogens is 364 g/mol. The Hall–Kier alpha value is 1.12. The van der Waals surface area contributed by atoms with Gasteiger partial charge >= 0.3 is 0 Å². The van der Waals surface area contributed by atoms with E-state index in [4.69, 9.17) is 0 Å². The Bertz CT molecular complexity index is 162. The number of halogens is 1. The molecule has 0 bridgehead atoms. The molecule has 0 aromatic heterocycles. The smallest absolute Gasteiger partial charge is 0.0787 e. The van der Waals surface area contributed by atoms with Crippen LogP contribution in [0.5, 0.6) is 0 Å². The van der Waals surface area contributed by atoms with E-state index in [-0.39, 0.29) is 24.0 Å². The van der Waals surface area contributed by atoms with Crippen LogP contribution in [0.3, 0.4) is 0 Å². The van der Waals surface area contributed by atoms with E-state index in [1.165, 1.54) is 62.0 Å². The predicted molar refractivity (Wildman–Crippen MR) is 89.4 cm³/mol. The highest BCUT2D eigenvalue weighted by Crippen LogP contribution is 2.58. The molecule has 0 heterocycles. The molecule has 0 aromatic rings. The van der Waals surface area contributed by atoms with E-state index in [2.05, 4.69) is 41.5 Å². The zero-order chi connectivity index (χ0) is 14.1. The molecule has 0 fully saturated rings. The average molecular weight is 402 g/mol. The highest BCUT2D eigenvalue weighted by Gasteiger charge is 2.30. The zero-order valence-electron chi connectivity index (χ0n) is 14.3. The van der Waals surface area contributed by atoms with E-state index in [0.717, 1.165) is 0 Å². The second-order valence-corrected chi connectivity index (χ2v) is 10.8. The summed E-state index contributed by atoms with van der Waals surface area (Å²) in [6.07, 6.45) is 8.87. The van der Waals surface area contributed by atoms with Crippen molar-refractivity contribution in [3.05, 3.63) is 0 Å².